The zero-order chi connectivity index (χ0) is 24.1. The van der Waals surface area contributed by atoms with Gasteiger partial charge < -0.3 is 10.1 Å². The molecule has 3 atom stereocenters. The number of esters is 1. The number of ether oxygens (including phenoxy) is 1. The summed E-state index contributed by atoms with van der Waals surface area (Å²) < 4.78 is 5.31. The number of likely N-dealkylation sites (tertiary alicyclic amines) is 1. The first-order valence-corrected chi connectivity index (χ1v) is 11.6. The number of nitrogens with zero attached hydrogens (tertiary/aromatic N) is 1. The van der Waals surface area contributed by atoms with Crippen molar-refractivity contribution in [2.75, 3.05) is 11.9 Å². The quantitative estimate of drug-likeness (QED) is 0.371. The van der Waals surface area contributed by atoms with E-state index in [1.54, 1.807) is 12.1 Å². The second-order valence-electron chi connectivity index (χ2n) is 8.61. The molecule has 0 spiro atoms. The van der Waals surface area contributed by atoms with Gasteiger partial charge in [-0.1, -0.05) is 61.5 Å². The second-order valence-corrected chi connectivity index (χ2v) is 8.61. The smallest absolute Gasteiger partial charge is 0.330 e. The molecule has 176 valence electrons. The number of benzene rings is 2. The number of aryl methyl sites for hydroxylation is 1. The third kappa shape index (κ3) is 5.09. The Hall–Kier alpha value is -3.74. The van der Waals surface area contributed by atoms with Gasteiger partial charge in [0.25, 0.3) is 5.91 Å². The van der Waals surface area contributed by atoms with Crippen LogP contribution in [0.2, 0.25) is 0 Å². The molecule has 1 N–H and O–H groups in total. The summed E-state index contributed by atoms with van der Waals surface area (Å²) in [7, 11) is 0. The molecule has 7 heteroatoms. The van der Waals surface area contributed by atoms with E-state index in [4.69, 9.17) is 4.74 Å². The molecule has 1 aliphatic heterocycles. The molecule has 3 amide bonds. The fourth-order valence-corrected chi connectivity index (χ4v) is 4.50. The average molecular weight is 461 g/mol. The van der Waals surface area contributed by atoms with Crippen LogP contribution < -0.4 is 5.32 Å². The van der Waals surface area contributed by atoms with Crippen LogP contribution in [0, 0.1) is 11.8 Å². The van der Waals surface area contributed by atoms with Crippen LogP contribution in [0.4, 0.5) is 5.69 Å². The van der Waals surface area contributed by atoms with Crippen molar-refractivity contribution in [3.05, 3.63) is 77.9 Å². The van der Waals surface area contributed by atoms with Gasteiger partial charge in [0.15, 0.2) is 6.61 Å². The van der Waals surface area contributed by atoms with E-state index in [0.29, 0.717) is 18.5 Å². The maximum absolute atomic E-state index is 13.1. The average Bonchev–Trinajstić information content (AvgIpc) is 3.12. The number of amides is 3. The molecule has 1 heterocycles. The summed E-state index contributed by atoms with van der Waals surface area (Å²) in [5, 5.41) is 2.69. The molecule has 1 fully saturated rings. The Bertz CT molecular complexity index is 1070. The van der Waals surface area contributed by atoms with E-state index >= 15 is 0 Å². The van der Waals surface area contributed by atoms with Crippen molar-refractivity contribution in [3.8, 4) is 0 Å². The number of rotatable bonds is 8. The summed E-state index contributed by atoms with van der Waals surface area (Å²) in [5.41, 5.74) is 2.53. The van der Waals surface area contributed by atoms with E-state index in [1.807, 2.05) is 61.5 Å². The number of allylic oxidation sites excluding steroid dienone is 2. The number of hydrogen-bond donors (Lipinski definition) is 1. The Kier molecular flexibility index (Phi) is 7.21. The van der Waals surface area contributed by atoms with Crippen LogP contribution in [0.25, 0.3) is 0 Å². The van der Waals surface area contributed by atoms with Gasteiger partial charge in [-0.25, -0.2) is 4.79 Å². The minimum Gasteiger partial charge on any atom is -0.454 e. The van der Waals surface area contributed by atoms with Crippen LogP contribution in [-0.4, -0.2) is 41.2 Å². The van der Waals surface area contributed by atoms with Gasteiger partial charge in [0.2, 0.25) is 11.8 Å². The lowest BCUT2D eigenvalue weighted by Crippen LogP contribution is -2.48. The fraction of sp³-hybridized carbons (Fsp3) is 0.333. The lowest BCUT2D eigenvalue weighted by molar-refractivity contribution is -0.159. The Labute approximate surface area is 198 Å². The van der Waals surface area contributed by atoms with Crippen LogP contribution in [-0.2, 0) is 36.8 Å². The number of hydrogen-bond acceptors (Lipinski definition) is 5. The predicted octanol–water partition coefficient (Wildman–Crippen LogP) is 3.29. The van der Waals surface area contributed by atoms with Crippen molar-refractivity contribution in [3.63, 3.8) is 0 Å². The molecule has 0 unspecified atom stereocenters. The minimum atomic E-state index is -1.12. The third-order valence-corrected chi connectivity index (χ3v) is 6.39. The summed E-state index contributed by atoms with van der Waals surface area (Å²) in [5.74, 6) is -2.85. The summed E-state index contributed by atoms with van der Waals surface area (Å²) in [6, 6.07) is 15.4. The van der Waals surface area contributed by atoms with Crippen molar-refractivity contribution < 1.29 is 23.9 Å². The zero-order valence-electron chi connectivity index (χ0n) is 19.1. The largest absolute Gasteiger partial charge is 0.454 e. The van der Waals surface area contributed by atoms with E-state index < -0.39 is 36.4 Å². The van der Waals surface area contributed by atoms with Crippen molar-refractivity contribution in [1.82, 2.24) is 4.90 Å². The highest BCUT2D eigenvalue weighted by Gasteiger charge is 2.51. The van der Waals surface area contributed by atoms with Crippen LogP contribution in [0.1, 0.15) is 30.9 Å². The van der Waals surface area contributed by atoms with E-state index in [9.17, 15) is 19.2 Å². The van der Waals surface area contributed by atoms with Gasteiger partial charge in [0.05, 0.1) is 11.8 Å². The number of fused-ring (bicyclic) bond motifs is 1. The van der Waals surface area contributed by atoms with E-state index in [2.05, 4.69) is 5.32 Å². The van der Waals surface area contributed by atoms with E-state index in [-0.39, 0.29) is 18.2 Å². The third-order valence-electron chi connectivity index (χ3n) is 6.39. The standard InChI is InChI=1S/C27H28N2O5/c1-2-18-12-14-20(15-13-18)28-24(30)17-34-27(33)23(16-19-8-4-3-5-9-19)29-25(31)21-10-6-7-11-22(21)26(29)32/h3-9,12-15,21-23H,2,10-11,16-17H2,1H3,(H,28,30)/t21-,22-,23+/m1/s1. The molecular formula is C27H28N2O5. The highest BCUT2D eigenvalue weighted by molar-refractivity contribution is 6.08. The molecule has 0 bridgehead atoms. The van der Waals surface area contributed by atoms with Gasteiger partial charge in [-0.2, -0.15) is 0 Å². The topological polar surface area (TPSA) is 92.8 Å². The molecule has 2 aliphatic rings. The number of anilines is 1. The van der Waals surface area contributed by atoms with Crippen molar-refractivity contribution in [1.29, 1.82) is 0 Å². The fourth-order valence-electron chi connectivity index (χ4n) is 4.50. The van der Waals surface area contributed by atoms with Crippen LogP contribution in [0.15, 0.2) is 66.7 Å². The Morgan fingerprint density at radius 1 is 0.941 bits per heavy atom. The molecule has 1 aliphatic carbocycles. The normalized spacial score (nSPS) is 20.1. The van der Waals surface area contributed by atoms with Crippen molar-refractivity contribution in [2.24, 2.45) is 11.8 Å². The Morgan fingerprint density at radius 2 is 1.56 bits per heavy atom. The van der Waals surface area contributed by atoms with Crippen molar-refractivity contribution >= 4 is 29.4 Å². The number of nitrogens with one attached hydrogen (secondary N) is 1. The maximum Gasteiger partial charge on any atom is 0.330 e. The van der Waals surface area contributed by atoms with Gasteiger partial charge in [-0.05, 0) is 42.5 Å². The SMILES string of the molecule is CCc1ccc(NC(=O)COC(=O)[C@H](Cc2ccccc2)N2C(=O)[C@@H]3CC=CC[C@H]3C2=O)cc1. The lowest BCUT2D eigenvalue weighted by atomic mass is 9.85. The predicted molar refractivity (Wildman–Crippen MR) is 127 cm³/mol. The van der Waals surface area contributed by atoms with E-state index in [1.165, 1.54) is 0 Å². The van der Waals surface area contributed by atoms with Gasteiger partial charge in [0.1, 0.15) is 6.04 Å². The maximum atomic E-state index is 13.1. The highest BCUT2D eigenvalue weighted by atomic mass is 16.5. The number of carbonyl (C=O) groups excluding carboxylic acids is 4. The molecule has 0 radical (unpaired) electrons. The molecule has 0 saturated carbocycles. The number of imide groups is 1. The second kappa shape index (κ2) is 10.5. The Balaban J connectivity index is 1.46. The highest BCUT2D eigenvalue weighted by Crippen LogP contribution is 2.36. The minimum absolute atomic E-state index is 0.129. The zero-order valence-corrected chi connectivity index (χ0v) is 19.1. The van der Waals surface area contributed by atoms with Crippen molar-refractivity contribution in [2.45, 2.75) is 38.6 Å². The van der Waals surface area contributed by atoms with Crippen LogP contribution in [0.5, 0.6) is 0 Å². The summed E-state index contributed by atoms with van der Waals surface area (Å²) in [6.45, 7) is 1.53. The summed E-state index contributed by atoms with van der Waals surface area (Å²) in [6.07, 6.45) is 5.79. The van der Waals surface area contributed by atoms with Crippen LogP contribution in [0.3, 0.4) is 0 Å². The van der Waals surface area contributed by atoms with Gasteiger partial charge >= 0.3 is 5.97 Å². The molecule has 0 aromatic heterocycles. The van der Waals surface area contributed by atoms with E-state index in [0.717, 1.165) is 22.4 Å². The lowest BCUT2D eigenvalue weighted by Gasteiger charge is -2.25. The first kappa shape index (κ1) is 23.4. The first-order valence-electron chi connectivity index (χ1n) is 11.6. The molecule has 1 saturated heterocycles. The summed E-state index contributed by atoms with van der Waals surface area (Å²) in [4.78, 5) is 52.7. The monoisotopic (exact) mass is 460 g/mol. The molecule has 7 nitrogen and oxygen atoms in total. The Morgan fingerprint density at radius 3 is 2.15 bits per heavy atom. The van der Waals surface area contributed by atoms with Crippen LogP contribution >= 0.6 is 0 Å². The van der Waals surface area contributed by atoms with Gasteiger partial charge in [-0.15, -0.1) is 0 Å². The van der Waals surface area contributed by atoms with Gasteiger partial charge in [-0.3, -0.25) is 19.3 Å². The molecule has 4 rings (SSSR count). The molecule has 2 aromatic rings. The molecule has 34 heavy (non-hydrogen) atoms. The molecular weight excluding hydrogens is 432 g/mol. The molecule has 2 aromatic carbocycles. The first-order chi connectivity index (χ1) is 16.5. The summed E-state index contributed by atoms with van der Waals surface area (Å²) >= 11 is 0. The van der Waals surface area contributed by atoms with Gasteiger partial charge in [0, 0.05) is 12.1 Å². The number of carbonyl (C=O) groups is 4.